The van der Waals surface area contributed by atoms with Gasteiger partial charge in [-0.05, 0) is 18.8 Å². The van der Waals surface area contributed by atoms with Crippen LogP contribution in [0, 0.1) is 11.8 Å². The Morgan fingerprint density at radius 3 is 2.33 bits per heavy atom. The number of rotatable bonds is 10. The molecule has 3 N–H and O–H groups in total. The van der Waals surface area contributed by atoms with Gasteiger partial charge in [-0.25, -0.2) is 0 Å². The van der Waals surface area contributed by atoms with Crippen molar-refractivity contribution < 1.29 is 4.79 Å². The first-order chi connectivity index (χ1) is 8.49. The maximum Gasteiger partial charge on any atom is 0.229 e. The first-order valence-electron chi connectivity index (χ1n) is 7.06. The number of carbonyl (C=O) groups excluding carboxylic acids is 1. The van der Waals surface area contributed by atoms with Crippen molar-refractivity contribution in [3.05, 3.63) is 0 Å². The van der Waals surface area contributed by atoms with Gasteiger partial charge in [-0.3, -0.25) is 4.79 Å². The molecule has 18 heavy (non-hydrogen) atoms. The lowest BCUT2D eigenvalue weighted by Crippen LogP contribution is -2.37. The lowest BCUT2D eigenvalue weighted by Gasteiger charge is -2.13. The van der Waals surface area contributed by atoms with E-state index in [9.17, 15) is 4.79 Å². The van der Waals surface area contributed by atoms with Gasteiger partial charge in [-0.2, -0.15) is 0 Å². The maximum absolute atomic E-state index is 11.7. The summed E-state index contributed by atoms with van der Waals surface area (Å²) in [7, 11) is 0. The van der Waals surface area contributed by atoms with E-state index in [1.54, 1.807) is 0 Å². The number of nitrogens with two attached hydrogens (primary N) is 1. The fraction of sp³-hybridized carbons (Fsp3) is 0.857. The molecule has 0 aromatic carbocycles. The van der Waals surface area contributed by atoms with Crippen molar-refractivity contribution >= 4 is 23.1 Å². The highest BCUT2D eigenvalue weighted by Crippen LogP contribution is 2.09. The van der Waals surface area contributed by atoms with Crippen LogP contribution in [0.25, 0.3) is 0 Å². The van der Waals surface area contributed by atoms with Crippen molar-refractivity contribution in [2.45, 2.75) is 59.3 Å². The van der Waals surface area contributed by atoms with Crippen LogP contribution in [-0.2, 0) is 4.79 Å². The summed E-state index contributed by atoms with van der Waals surface area (Å²) in [6, 6.07) is 0. The molecule has 1 unspecified atom stereocenters. The minimum atomic E-state index is -0.305. The number of hydrogen-bond donors (Lipinski definition) is 2. The molecule has 0 heterocycles. The molecule has 0 rings (SSSR count). The van der Waals surface area contributed by atoms with Crippen LogP contribution in [0.4, 0.5) is 0 Å². The summed E-state index contributed by atoms with van der Waals surface area (Å²) in [5.41, 5.74) is 5.52. The summed E-state index contributed by atoms with van der Waals surface area (Å²) in [6.07, 6.45) is 6.73. The molecule has 1 atom stereocenters. The molecule has 0 saturated carbocycles. The molecule has 0 aromatic rings. The normalized spacial score (nSPS) is 12.4. The summed E-state index contributed by atoms with van der Waals surface area (Å²) < 4.78 is 0. The highest BCUT2D eigenvalue weighted by Gasteiger charge is 2.18. The Morgan fingerprint density at radius 2 is 1.83 bits per heavy atom. The zero-order valence-corrected chi connectivity index (χ0v) is 12.8. The predicted octanol–water partition coefficient (Wildman–Crippen LogP) is 3.02. The first kappa shape index (κ1) is 17.4. The van der Waals surface area contributed by atoms with E-state index in [4.69, 9.17) is 18.0 Å². The van der Waals surface area contributed by atoms with Crippen molar-refractivity contribution in [1.29, 1.82) is 0 Å². The second kappa shape index (κ2) is 10.3. The Bertz CT molecular complexity index is 254. The topological polar surface area (TPSA) is 55.1 Å². The molecular weight excluding hydrogens is 244 g/mol. The fourth-order valence-electron chi connectivity index (χ4n) is 1.88. The summed E-state index contributed by atoms with van der Waals surface area (Å²) in [4.78, 5) is 12.0. The van der Waals surface area contributed by atoms with Crippen molar-refractivity contribution in [2.75, 3.05) is 6.54 Å². The van der Waals surface area contributed by atoms with Crippen LogP contribution in [0.5, 0.6) is 0 Å². The SMILES string of the molecule is CCC(C(=O)NCCCCCCC(C)C)C(N)=S. The van der Waals surface area contributed by atoms with Gasteiger partial charge in [0.05, 0.1) is 10.9 Å². The molecule has 106 valence electrons. The minimum absolute atomic E-state index is 0.0211. The number of thiocarbonyl (C=S) groups is 1. The third-order valence-electron chi connectivity index (χ3n) is 3.08. The molecule has 0 aliphatic heterocycles. The Labute approximate surface area is 117 Å². The monoisotopic (exact) mass is 272 g/mol. The van der Waals surface area contributed by atoms with Gasteiger partial charge in [-0.1, -0.05) is 58.7 Å². The van der Waals surface area contributed by atoms with Crippen LogP contribution in [0.15, 0.2) is 0 Å². The molecule has 0 aromatic heterocycles. The Morgan fingerprint density at radius 1 is 1.22 bits per heavy atom. The van der Waals surface area contributed by atoms with E-state index in [0.29, 0.717) is 11.4 Å². The van der Waals surface area contributed by atoms with E-state index in [1.807, 2.05) is 6.92 Å². The maximum atomic E-state index is 11.7. The summed E-state index contributed by atoms with van der Waals surface area (Å²) in [5, 5.41) is 2.91. The van der Waals surface area contributed by atoms with E-state index < -0.39 is 0 Å². The van der Waals surface area contributed by atoms with Crippen molar-refractivity contribution in [2.24, 2.45) is 17.6 Å². The standard InChI is InChI=1S/C14H28N2OS/c1-4-12(13(15)18)14(17)16-10-8-6-5-7-9-11(2)3/h11-12H,4-10H2,1-3H3,(H2,15,18)(H,16,17). The van der Waals surface area contributed by atoms with Gasteiger partial charge in [0.1, 0.15) is 0 Å². The van der Waals surface area contributed by atoms with Gasteiger partial charge in [0.25, 0.3) is 0 Å². The van der Waals surface area contributed by atoms with E-state index in [-0.39, 0.29) is 11.8 Å². The number of unbranched alkanes of at least 4 members (excludes halogenated alkanes) is 3. The first-order valence-corrected chi connectivity index (χ1v) is 7.46. The lowest BCUT2D eigenvalue weighted by molar-refractivity contribution is -0.123. The summed E-state index contributed by atoms with van der Waals surface area (Å²) in [6.45, 7) is 7.16. The molecule has 0 fully saturated rings. The quantitative estimate of drug-likeness (QED) is 0.475. The highest BCUT2D eigenvalue weighted by molar-refractivity contribution is 7.80. The van der Waals surface area contributed by atoms with Crippen LogP contribution >= 0.6 is 12.2 Å². The van der Waals surface area contributed by atoms with Crippen LogP contribution in [0.2, 0.25) is 0 Å². The lowest BCUT2D eigenvalue weighted by atomic mass is 10.0. The van der Waals surface area contributed by atoms with Gasteiger partial charge in [0.2, 0.25) is 5.91 Å². The Kier molecular flexibility index (Phi) is 9.93. The molecule has 0 bridgehead atoms. The molecule has 3 nitrogen and oxygen atoms in total. The number of amides is 1. The van der Waals surface area contributed by atoms with Gasteiger partial charge in [0, 0.05) is 6.54 Å². The fourth-order valence-corrected chi connectivity index (χ4v) is 2.16. The van der Waals surface area contributed by atoms with Crippen molar-refractivity contribution in [1.82, 2.24) is 5.32 Å². The molecule has 1 amide bonds. The number of hydrogen-bond acceptors (Lipinski definition) is 2. The van der Waals surface area contributed by atoms with Crippen LogP contribution < -0.4 is 11.1 Å². The summed E-state index contributed by atoms with van der Waals surface area (Å²) in [5.74, 6) is 0.466. The second-order valence-corrected chi connectivity index (χ2v) is 5.72. The van der Waals surface area contributed by atoms with Gasteiger partial charge in [0.15, 0.2) is 0 Å². The number of carbonyl (C=O) groups is 1. The van der Waals surface area contributed by atoms with Crippen LogP contribution in [0.3, 0.4) is 0 Å². The van der Waals surface area contributed by atoms with E-state index in [1.165, 1.54) is 25.7 Å². The Hall–Kier alpha value is -0.640. The van der Waals surface area contributed by atoms with Crippen LogP contribution in [0.1, 0.15) is 59.3 Å². The molecule has 0 radical (unpaired) electrons. The molecule has 4 heteroatoms. The molecule has 0 aliphatic rings. The van der Waals surface area contributed by atoms with E-state index in [2.05, 4.69) is 19.2 Å². The number of nitrogens with one attached hydrogen (secondary N) is 1. The second-order valence-electron chi connectivity index (χ2n) is 5.25. The largest absolute Gasteiger partial charge is 0.393 e. The molecule has 0 saturated heterocycles. The predicted molar refractivity (Wildman–Crippen MR) is 81.5 cm³/mol. The average Bonchev–Trinajstić information content (AvgIpc) is 2.27. The van der Waals surface area contributed by atoms with Crippen LogP contribution in [-0.4, -0.2) is 17.4 Å². The minimum Gasteiger partial charge on any atom is -0.393 e. The molecule has 0 aliphatic carbocycles. The van der Waals surface area contributed by atoms with Gasteiger partial charge in [-0.15, -0.1) is 0 Å². The molecular formula is C14H28N2OS. The van der Waals surface area contributed by atoms with Gasteiger partial charge >= 0.3 is 0 Å². The molecule has 0 spiro atoms. The average molecular weight is 272 g/mol. The van der Waals surface area contributed by atoms with Gasteiger partial charge < -0.3 is 11.1 Å². The summed E-state index contributed by atoms with van der Waals surface area (Å²) >= 11 is 4.87. The van der Waals surface area contributed by atoms with Crippen molar-refractivity contribution in [3.63, 3.8) is 0 Å². The van der Waals surface area contributed by atoms with E-state index >= 15 is 0 Å². The van der Waals surface area contributed by atoms with E-state index in [0.717, 1.165) is 18.9 Å². The third kappa shape index (κ3) is 8.45. The third-order valence-corrected chi connectivity index (χ3v) is 3.36. The highest BCUT2D eigenvalue weighted by atomic mass is 32.1. The zero-order chi connectivity index (χ0) is 14.0. The zero-order valence-electron chi connectivity index (χ0n) is 12.0. The van der Waals surface area contributed by atoms with Crippen molar-refractivity contribution in [3.8, 4) is 0 Å². The smallest absolute Gasteiger partial charge is 0.229 e. The Balaban J connectivity index is 3.54.